The lowest BCUT2D eigenvalue weighted by Crippen LogP contribution is -2.28. The molecule has 0 aliphatic heterocycles. The first-order valence-corrected chi connectivity index (χ1v) is 9.41. The smallest absolute Gasteiger partial charge is 0.287 e. The Labute approximate surface area is 179 Å². The van der Waals surface area contributed by atoms with E-state index in [9.17, 15) is 14.4 Å². The highest BCUT2D eigenvalue weighted by Gasteiger charge is 2.17. The largest absolute Gasteiger partial charge is 0.454 e. The third kappa shape index (κ3) is 6.83. The zero-order valence-corrected chi connectivity index (χ0v) is 16.4. The summed E-state index contributed by atoms with van der Waals surface area (Å²) >= 11 is 0. The minimum atomic E-state index is -1.10. The number of Topliss-reactive ketones (excluding diaryl/α,β-unsaturated/α-hetero) is 1. The molecule has 6 nitrogen and oxygen atoms in total. The van der Waals surface area contributed by atoms with Crippen LogP contribution in [-0.4, -0.2) is 17.8 Å². The molecule has 31 heavy (non-hydrogen) atoms. The summed E-state index contributed by atoms with van der Waals surface area (Å²) in [6.07, 6.45) is 3.04. The van der Waals surface area contributed by atoms with Gasteiger partial charge in [0.05, 0.1) is 5.70 Å². The summed E-state index contributed by atoms with van der Waals surface area (Å²) in [7, 11) is 0. The maximum Gasteiger partial charge on any atom is 0.454 e. The van der Waals surface area contributed by atoms with Crippen LogP contribution in [0.15, 0.2) is 103 Å². The van der Waals surface area contributed by atoms with Crippen LogP contribution in [-0.2, 0) is 14.6 Å². The zero-order chi connectivity index (χ0) is 21.9. The molecule has 3 rings (SSSR count). The second kappa shape index (κ2) is 10.9. The van der Waals surface area contributed by atoms with Gasteiger partial charge in [-0.25, -0.2) is 19.4 Å². The maximum absolute atomic E-state index is 12.8. The quantitative estimate of drug-likeness (QED) is 0.271. The SMILES string of the molecule is O=C(/C=C/c1ccccc1)OOC(=O)N/C(=C\c1ccccc1)C(=O)c1ccccc1. The molecule has 0 saturated carbocycles. The third-order valence-electron chi connectivity index (χ3n) is 4.04. The molecule has 0 unspecified atom stereocenters. The lowest BCUT2D eigenvalue weighted by Gasteiger charge is -2.09. The van der Waals surface area contributed by atoms with Gasteiger partial charge in [0, 0.05) is 11.6 Å². The molecule has 0 aromatic heterocycles. The van der Waals surface area contributed by atoms with Gasteiger partial charge in [0.15, 0.2) is 0 Å². The molecule has 0 aliphatic carbocycles. The minimum Gasteiger partial charge on any atom is -0.287 e. The number of hydrogen-bond donors (Lipinski definition) is 1. The highest BCUT2D eigenvalue weighted by molar-refractivity contribution is 6.12. The Morgan fingerprint density at radius 1 is 0.677 bits per heavy atom. The average Bonchev–Trinajstić information content (AvgIpc) is 2.82. The Balaban J connectivity index is 1.65. The van der Waals surface area contributed by atoms with Gasteiger partial charge in [-0.1, -0.05) is 91.0 Å². The molecule has 0 atom stereocenters. The van der Waals surface area contributed by atoms with E-state index in [1.54, 1.807) is 66.7 Å². The van der Waals surface area contributed by atoms with E-state index in [1.165, 1.54) is 12.2 Å². The summed E-state index contributed by atoms with van der Waals surface area (Å²) in [5.41, 5.74) is 1.83. The van der Waals surface area contributed by atoms with Crippen molar-refractivity contribution in [3.63, 3.8) is 0 Å². The fourth-order valence-electron chi connectivity index (χ4n) is 2.59. The summed E-state index contributed by atoms with van der Waals surface area (Å²) in [5, 5.41) is 2.34. The monoisotopic (exact) mass is 413 g/mol. The second-order valence-electron chi connectivity index (χ2n) is 6.31. The molecule has 0 fully saturated rings. The molecule has 0 saturated heterocycles. The summed E-state index contributed by atoms with van der Waals surface area (Å²) in [6, 6.07) is 26.5. The van der Waals surface area contributed by atoms with Gasteiger partial charge < -0.3 is 0 Å². The van der Waals surface area contributed by atoms with E-state index in [1.807, 2.05) is 24.3 Å². The van der Waals surface area contributed by atoms with Crippen LogP contribution in [0.4, 0.5) is 4.79 Å². The van der Waals surface area contributed by atoms with Crippen LogP contribution in [0.3, 0.4) is 0 Å². The number of ketones is 1. The normalized spacial score (nSPS) is 11.0. The van der Waals surface area contributed by atoms with Crippen LogP contribution in [0.25, 0.3) is 12.2 Å². The summed E-state index contributed by atoms with van der Waals surface area (Å²) < 4.78 is 0. The molecule has 3 aromatic rings. The molecule has 0 bridgehead atoms. The van der Waals surface area contributed by atoms with Gasteiger partial charge in [-0.15, -0.1) is 0 Å². The first-order chi connectivity index (χ1) is 15.1. The summed E-state index contributed by atoms with van der Waals surface area (Å²) in [4.78, 5) is 45.7. The Kier molecular flexibility index (Phi) is 7.49. The third-order valence-corrected chi connectivity index (χ3v) is 4.04. The molecule has 3 aromatic carbocycles. The number of rotatable bonds is 6. The Hall–Kier alpha value is -4.45. The molecular formula is C25H19NO5. The molecule has 154 valence electrons. The number of nitrogens with one attached hydrogen (secondary N) is 1. The van der Waals surface area contributed by atoms with Crippen molar-refractivity contribution in [2.75, 3.05) is 0 Å². The number of amides is 1. The molecule has 0 aliphatic rings. The molecular weight excluding hydrogens is 394 g/mol. The first kappa shape index (κ1) is 21.3. The zero-order valence-electron chi connectivity index (χ0n) is 16.4. The van der Waals surface area contributed by atoms with Gasteiger partial charge in [0.1, 0.15) is 0 Å². The predicted molar refractivity (Wildman–Crippen MR) is 116 cm³/mol. The highest BCUT2D eigenvalue weighted by atomic mass is 17.2. The molecule has 6 heteroatoms. The van der Waals surface area contributed by atoms with Crippen LogP contribution in [0.2, 0.25) is 0 Å². The van der Waals surface area contributed by atoms with E-state index in [2.05, 4.69) is 15.1 Å². The standard InChI is InChI=1S/C25H19NO5/c27-23(17-16-19-10-4-1-5-11-19)30-31-25(29)26-22(18-20-12-6-2-7-13-20)24(28)21-14-8-3-9-15-21/h1-18H,(H,26,29)/b17-16+,22-18-. The van der Waals surface area contributed by atoms with E-state index >= 15 is 0 Å². The fraction of sp³-hybridized carbons (Fsp3) is 0. The Morgan fingerprint density at radius 3 is 1.84 bits per heavy atom. The number of carbonyl (C=O) groups is 3. The number of allylic oxidation sites excluding steroid dienone is 1. The topological polar surface area (TPSA) is 81.7 Å². The fourth-order valence-corrected chi connectivity index (χ4v) is 2.59. The molecule has 0 radical (unpaired) electrons. The second-order valence-corrected chi connectivity index (χ2v) is 6.31. The van der Waals surface area contributed by atoms with Crippen molar-refractivity contribution in [3.05, 3.63) is 119 Å². The average molecular weight is 413 g/mol. The first-order valence-electron chi connectivity index (χ1n) is 9.41. The van der Waals surface area contributed by atoms with Crippen LogP contribution in [0.1, 0.15) is 21.5 Å². The van der Waals surface area contributed by atoms with Crippen LogP contribution >= 0.6 is 0 Å². The van der Waals surface area contributed by atoms with Crippen molar-refractivity contribution in [3.8, 4) is 0 Å². The van der Waals surface area contributed by atoms with Crippen LogP contribution < -0.4 is 5.32 Å². The lowest BCUT2D eigenvalue weighted by molar-refractivity contribution is -0.225. The molecule has 1 N–H and O–H groups in total. The van der Waals surface area contributed by atoms with Gasteiger partial charge in [-0.3, -0.25) is 10.1 Å². The molecule has 1 amide bonds. The van der Waals surface area contributed by atoms with Gasteiger partial charge in [0.2, 0.25) is 5.78 Å². The van der Waals surface area contributed by atoms with Crippen LogP contribution in [0, 0.1) is 0 Å². The van der Waals surface area contributed by atoms with Gasteiger partial charge in [-0.05, 0) is 23.3 Å². The summed E-state index contributed by atoms with van der Waals surface area (Å²) in [5.74, 6) is -1.29. The van der Waals surface area contributed by atoms with E-state index in [4.69, 9.17) is 0 Å². The van der Waals surface area contributed by atoms with Crippen LogP contribution in [0.5, 0.6) is 0 Å². The van der Waals surface area contributed by atoms with E-state index in [-0.39, 0.29) is 5.70 Å². The van der Waals surface area contributed by atoms with Crippen molar-refractivity contribution < 1.29 is 24.2 Å². The minimum absolute atomic E-state index is 0.0294. The summed E-state index contributed by atoms with van der Waals surface area (Å²) in [6.45, 7) is 0. The van der Waals surface area contributed by atoms with Crippen molar-refractivity contribution >= 4 is 30.0 Å². The highest BCUT2D eigenvalue weighted by Crippen LogP contribution is 2.11. The number of hydrogen-bond acceptors (Lipinski definition) is 5. The van der Waals surface area contributed by atoms with Crippen molar-refractivity contribution in [1.29, 1.82) is 0 Å². The Bertz CT molecular complexity index is 1090. The maximum atomic E-state index is 12.8. The predicted octanol–water partition coefficient (Wildman–Crippen LogP) is 4.81. The van der Waals surface area contributed by atoms with Crippen molar-refractivity contribution in [1.82, 2.24) is 5.32 Å². The number of carbonyl (C=O) groups excluding carboxylic acids is 3. The van der Waals surface area contributed by atoms with Crippen molar-refractivity contribution in [2.24, 2.45) is 0 Å². The van der Waals surface area contributed by atoms with E-state index < -0.39 is 17.8 Å². The molecule has 0 spiro atoms. The van der Waals surface area contributed by atoms with E-state index in [0.717, 1.165) is 11.6 Å². The number of benzene rings is 3. The van der Waals surface area contributed by atoms with Crippen molar-refractivity contribution in [2.45, 2.75) is 0 Å². The van der Waals surface area contributed by atoms with Gasteiger partial charge >= 0.3 is 12.1 Å². The van der Waals surface area contributed by atoms with Gasteiger partial charge in [0.25, 0.3) is 0 Å². The molecule has 0 heterocycles. The lowest BCUT2D eigenvalue weighted by atomic mass is 10.1. The Morgan fingerprint density at radius 2 is 1.23 bits per heavy atom. The van der Waals surface area contributed by atoms with Gasteiger partial charge in [-0.2, -0.15) is 0 Å². The van der Waals surface area contributed by atoms with E-state index in [0.29, 0.717) is 11.1 Å².